The van der Waals surface area contributed by atoms with Crippen LogP contribution in [-0.4, -0.2) is 30.0 Å². The van der Waals surface area contributed by atoms with Gasteiger partial charge < -0.3 is 16.4 Å². The first-order valence-electron chi connectivity index (χ1n) is 7.42. The zero-order valence-electron chi connectivity index (χ0n) is 12.8. The minimum atomic E-state index is -0.589. The molecule has 0 radical (unpaired) electrons. The molecule has 0 spiro atoms. The summed E-state index contributed by atoms with van der Waals surface area (Å²) < 4.78 is 0. The number of urea groups is 1. The van der Waals surface area contributed by atoms with E-state index in [2.05, 4.69) is 15.6 Å². The number of hydrogen-bond donors (Lipinski definition) is 3. The molecule has 7 nitrogen and oxygen atoms in total. The molecule has 1 aliphatic rings. The van der Waals surface area contributed by atoms with Gasteiger partial charge in [-0.2, -0.15) is 0 Å². The van der Waals surface area contributed by atoms with Crippen LogP contribution in [0.3, 0.4) is 0 Å². The molecule has 24 heavy (non-hydrogen) atoms. The van der Waals surface area contributed by atoms with Gasteiger partial charge in [0.15, 0.2) is 0 Å². The van der Waals surface area contributed by atoms with Gasteiger partial charge in [0.25, 0.3) is 0 Å². The van der Waals surface area contributed by atoms with Crippen molar-refractivity contribution < 1.29 is 9.59 Å². The second-order valence-electron chi connectivity index (χ2n) is 5.33. The van der Waals surface area contributed by atoms with Crippen molar-refractivity contribution in [1.82, 2.24) is 10.3 Å². The molecule has 1 fully saturated rings. The Hall–Kier alpha value is -2.80. The fourth-order valence-electron chi connectivity index (χ4n) is 2.43. The third kappa shape index (κ3) is 3.41. The summed E-state index contributed by atoms with van der Waals surface area (Å²) in [6, 6.07) is 8.73. The number of rotatable bonds is 4. The number of nitrogens with zero attached hydrogens (tertiary/aromatic N) is 2. The molecule has 1 saturated heterocycles. The Labute approximate surface area is 143 Å². The standard InChI is InChI=1S/C16H16ClN5O2/c17-13-7-10(14(18)23)9-20-15(13)21-11-3-1-4-12(8-11)22-6-2-5-19-16(22)24/h1,3-4,7-9H,2,5-6H2,(H2,18,23)(H,19,24)(H,20,21). The van der Waals surface area contributed by atoms with Crippen molar-refractivity contribution in [2.45, 2.75) is 6.42 Å². The van der Waals surface area contributed by atoms with Crippen molar-refractivity contribution in [2.24, 2.45) is 5.73 Å². The molecule has 1 aromatic heterocycles. The zero-order valence-corrected chi connectivity index (χ0v) is 13.5. The largest absolute Gasteiger partial charge is 0.366 e. The highest BCUT2D eigenvalue weighted by Gasteiger charge is 2.19. The van der Waals surface area contributed by atoms with E-state index >= 15 is 0 Å². The molecule has 0 aliphatic carbocycles. The van der Waals surface area contributed by atoms with Gasteiger partial charge in [-0.25, -0.2) is 9.78 Å². The highest BCUT2D eigenvalue weighted by molar-refractivity contribution is 6.33. The van der Waals surface area contributed by atoms with E-state index in [1.165, 1.54) is 12.3 Å². The van der Waals surface area contributed by atoms with Crippen molar-refractivity contribution in [3.63, 3.8) is 0 Å². The Morgan fingerprint density at radius 1 is 1.38 bits per heavy atom. The number of anilines is 3. The van der Waals surface area contributed by atoms with Gasteiger partial charge in [-0.05, 0) is 30.7 Å². The van der Waals surface area contributed by atoms with Crippen molar-refractivity contribution in [1.29, 1.82) is 0 Å². The molecule has 1 aliphatic heterocycles. The van der Waals surface area contributed by atoms with Crippen molar-refractivity contribution >= 4 is 40.7 Å². The molecule has 3 rings (SSSR count). The van der Waals surface area contributed by atoms with E-state index in [4.69, 9.17) is 17.3 Å². The number of carbonyl (C=O) groups is 2. The second-order valence-corrected chi connectivity index (χ2v) is 5.74. The summed E-state index contributed by atoms with van der Waals surface area (Å²) in [6.07, 6.45) is 2.25. The van der Waals surface area contributed by atoms with Crippen LogP contribution in [0, 0.1) is 0 Å². The van der Waals surface area contributed by atoms with Crippen LogP contribution in [-0.2, 0) is 0 Å². The van der Waals surface area contributed by atoms with Crippen molar-refractivity contribution in [3.8, 4) is 0 Å². The lowest BCUT2D eigenvalue weighted by molar-refractivity contribution is 0.1000. The number of benzene rings is 1. The monoisotopic (exact) mass is 345 g/mol. The molecule has 2 aromatic rings. The Morgan fingerprint density at radius 2 is 2.21 bits per heavy atom. The van der Waals surface area contributed by atoms with E-state index in [1.807, 2.05) is 24.3 Å². The summed E-state index contributed by atoms with van der Waals surface area (Å²) in [5, 5.41) is 6.18. The lowest BCUT2D eigenvalue weighted by Gasteiger charge is -2.27. The number of halogens is 1. The molecule has 4 N–H and O–H groups in total. The highest BCUT2D eigenvalue weighted by atomic mass is 35.5. The lowest BCUT2D eigenvalue weighted by atomic mass is 10.2. The van der Waals surface area contributed by atoms with Gasteiger partial charge in [-0.15, -0.1) is 0 Å². The first-order valence-corrected chi connectivity index (χ1v) is 7.80. The summed E-state index contributed by atoms with van der Waals surface area (Å²) in [6.45, 7) is 1.36. The van der Waals surface area contributed by atoms with E-state index in [0.29, 0.717) is 18.9 Å². The van der Waals surface area contributed by atoms with E-state index in [0.717, 1.165) is 17.8 Å². The third-order valence-corrected chi connectivity index (χ3v) is 3.91. The van der Waals surface area contributed by atoms with E-state index in [9.17, 15) is 9.59 Å². The van der Waals surface area contributed by atoms with Gasteiger partial charge >= 0.3 is 6.03 Å². The van der Waals surface area contributed by atoms with Crippen molar-refractivity contribution in [2.75, 3.05) is 23.3 Å². The molecule has 0 atom stereocenters. The molecular weight excluding hydrogens is 330 g/mol. The van der Waals surface area contributed by atoms with E-state index < -0.39 is 5.91 Å². The SMILES string of the molecule is NC(=O)c1cnc(Nc2cccc(N3CCCNC3=O)c2)c(Cl)c1. The summed E-state index contributed by atoms with van der Waals surface area (Å²) in [4.78, 5) is 28.9. The number of pyridine rings is 1. The molecule has 3 amide bonds. The molecule has 2 heterocycles. The van der Waals surface area contributed by atoms with Gasteiger partial charge in [0.2, 0.25) is 5.91 Å². The molecule has 8 heteroatoms. The third-order valence-electron chi connectivity index (χ3n) is 3.63. The number of nitrogens with one attached hydrogen (secondary N) is 2. The number of nitrogens with two attached hydrogens (primary N) is 1. The number of carbonyl (C=O) groups excluding carboxylic acids is 2. The Morgan fingerprint density at radius 3 is 2.92 bits per heavy atom. The Bertz CT molecular complexity index is 796. The number of hydrogen-bond acceptors (Lipinski definition) is 4. The number of amides is 3. The van der Waals surface area contributed by atoms with Gasteiger partial charge in [0.1, 0.15) is 5.82 Å². The fourth-order valence-corrected chi connectivity index (χ4v) is 2.64. The van der Waals surface area contributed by atoms with Gasteiger partial charge in [0.05, 0.1) is 10.6 Å². The van der Waals surface area contributed by atoms with Crippen LogP contribution in [0.15, 0.2) is 36.5 Å². The predicted octanol–water partition coefficient (Wildman–Crippen LogP) is 2.50. The molecule has 1 aromatic carbocycles. The van der Waals surface area contributed by atoms with Crippen LogP contribution < -0.4 is 21.3 Å². The van der Waals surface area contributed by atoms with Crippen LogP contribution in [0.25, 0.3) is 0 Å². The molecule has 0 unspecified atom stereocenters. The summed E-state index contributed by atoms with van der Waals surface area (Å²) in [7, 11) is 0. The Kier molecular flexibility index (Phi) is 4.52. The maximum absolute atomic E-state index is 11.9. The maximum atomic E-state index is 11.9. The molecule has 0 bridgehead atoms. The van der Waals surface area contributed by atoms with Crippen molar-refractivity contribution in [3.05, 3.63) is 47.1 Å². The zero-order chi connectivity index (χ0) is 17.1. The first kappa shape index (κ1) is 16.1. The van der Waals surface area contributed by atoms with Crippen LogP contribution in [0.5, 0.6) is 0 Å². The average Bonchev–Trinajstić information content (AvgIpc) is 2.57. The van der Waals surface area contributed by atoms with Crippen LogP contribution in [0.4, 0.5) is 22.0 Å². The van der Waals surface area contributed by atoms with Gasteiger partial charge in [-0.3, -0.25) is 9.69 Å². The fraction of sp³-hybridized carbons (Fsp3) is 0.188. The smallest absolute Gasteiger partial charge is 0.321 e. The van der Waals surface area contributed by atoms with E-state index in [-0.39, 0.29) is 16.6 Å². The normalized spacial score (nSPS) is 14.2. The van der Waals surface area contributed by atoms with Crippen LogP contribution in [0.2, 0.25) is 5.02 Å². The second kappa shape index (κ2) is 6.76. The van der Waals surface area contributed by atoms with Gasteiger partial charge in [0, 0.05) is 30.7 Å². The average molecular weight is 346 g/mol. The maximum Gasteiger partial charge on any atom is 0.321 e. The minimum Gasteiger partial charge on any atom is -0.366 e. The Balaban J connectivity index is 1.82. The van der Waals surface area contributed by atoms with Gasteiger partial charge in [-0.1, -0.05) is 17.7 Å². The van der Waals surface area contributed by atoms with Crippen LogP contribution in [0.1, 0.15) is 16.8 Å². The van der Waals surface area contributed by atoms with E-state index in [1.54, 1.807) is 4.90 Å². The predicted molar refractivity (Wildman–Crippen MR) is 92.9 cm³/mol. The topological polar surface area (TPSA) is 100 Å². The number of aromatic nitrogens is 1. The lowest BCUT2D eigenvalue weighted by Crippen LogP contribution is -2.46. The summed E-state index contributed by atoms with van der Waals surface area (Å²) >= 11 is 6.13. The number of primary amides is 1. The highest BCUT2D eigenvalue weighted by Crippen LogP contribution is 2.27. The minimum absolute atomic E-state index is 0.111. The quantitative estimate of drug-likeness (QED) is 0.792. The molecular formula is C16H16ClN5O2. The summed E-state index contributed by atoms with van der Waals surface area (Å²) in [5.41, 5.74) is 6.95. The molecule has 124 valence electrons. The first-order chi connectivity index (χ1) is 11.5. The summed E-state index contributed by atoms with van der Waals surface area (Å²) in [5.74, 6) is -0.184. The van der Waals surface area contributed by atoms with Crippen LogP contribution >= 0.6 is 11.6 Å². The molecule has 0 saturated carbocycles.